The van der Waals surface area contributed by atoms with Gasteiger partial charge in [-0.05, 0) is 26.5 Å². The van der Waals surface area contributed by atoms with Crippen LogP contribution in [0.25, 0.3) is 33.1 Å². The van der Waals surface area contributed by atoms with E-state index in [9.17, 15) is 0 Å². The van der Waals surface area contributed by atoms with Gasteiger partial charge >= 0.3 is 0 Å². The van der Waals surface area contributed by atoms with Crippen molar-refractivity contribution >= 4 is 33.1 Å². The van der Waals surface area contributed by atoms with Gasteiger partial charge in [-0.25, -0.2) is 19.2 Å². The fourth-order valence-electron chi connectivity index (χ4n) is 2.71. The van der Waals surface area contributed by atoms with Gasteiger partial charge in [0.25, 0.3) is 0 Å². The molecule has 0 N–H and O–H groups in total. The number of hydrogen-bond donors (Lipinski definition) is 0. The molecule has 8 heteroatoms. The van der Waals surface area contributed by atoms with Crippen LogP contribution in [0.3, 0.4) is 0 Å². The zero-order valence-electron chi connectivity index (χ0n) is 13.6. The summed E-state index contributed by atoms with van der Waals surface area (Å²) < 4.78 is 9.91. The average molecular weight is 312 g/mol. The highest BCUT2D eigenvalue weighted by Gasteiger charge is 2.27. The third kappa shape index (κ3) is 1.90. The van der Waals surface area contributed by atoms with Gasteiger partial charge in [0, 0.05) is 5.41 Å². The summed E-state index contributed by atoms with van der Waals surface area (Å²) in [4.78, 5) is 9.47. The molecule has 4 heterocycles. The van der Waals surface area contributed by atoms with Crippen molar-refractivity contribution in [3.63, 3.8) is 0 Å². The molecule has 0 spiro atoms. The van der Waals surface area contributed by atoms with Gasteiger partial charge < -0.3 is 0 Å². The second-order valence-electron chi connectivity index (χ2n) is 6.98. The molecule has 23 heavy (non-hydrogen) atoms. The first-order valence-electron chi connectivity index (χ1n) is 7.46. The third-order valence-electron chi connectivity index (χ3n) is 3.83. The first-order chi connectivity index (χ1) is 10.9. The maximum atomic E-state index is 4.96. The molecule has 0 saturated carbocycles. The van der Waals surface area contributed by atoms with Gasteiger partial charge in [0.15, 0.2) is 22.1 Å². The molecule has 0 saturated heterocycles. The van der Waals surface area contributed by atoms with Crippen LogP contribution in [0.15, 0.2) is 9.26 Å². The lowest BCUT2D eigenvalue weighted by Gasteiger charge is -2.18. The normalized spacial score (nSPS) is 13.0. The van der Waals surface area contributed by atoms with Crippen LogP contribution in [0.4, 0.5) is 0 Å². The van der Waals surface area contributed by atoms with Crippen molar-refractivity contribution in [3.05, 3.63) is 11.4 Å². The number of hydrogen-bond acceptors (Lipinski definition) is 8. The summed E-state index contributed by atoms with van der Waals surface area (Å²) in [6.45, 7) is 10.3. The van der Waals surface area contributed by atoms with E-state index in [-0.39, 0.29) is 11.3 Å². The number of fused-ring (bicyclic) bond motifs is 5. The first-order valence-corrected chi connectivity index (χ1v) is 7.46. The Morgan fingerprint density at radius 3 is 1.83 bits per heavy atom. The summed E-state index contributed by atoms with van der Waals surface area (Å²) in [5.41, 5.74) is 5.01. The van der Waals surface area contributed by atoms with E-state index in [0.717, 1.165) is 11.4 Å². The zero-order valence-corrected chi connectivity index (χ0v) is 13.6. The van der Waals surface area contributed by atoms with E-state index < -0.39 is 0 Å². The Hall–Kier alpha value is -2.64. The minimum absolute atomic E-state index is 0.158. The maximum absolute atomic E-state index is 4.96. The Morgan fingerprint density at radius 2 is 1.22 bits per heavy atom. The van der Waals surface area contributed by atoms with E-state index in [1.54, 1.807) is 0 Å². The third-order valence-corrected chi connectivity index (χ3v) is 3.83. The van der Waals surface area contributed by atoms with Crippen molar-refractivity contribution in [1.82, 2.24) is 30.6 Å². The van der Waals surface area contributed by atoms with E-state index in [2.05, 4.69) is 41.4 Å². The topological polar surface area (TPSA) is 104 Å². The summed E-state index contributed by atoms with van der Waals surface area (Å²) in [7, 11) is 0. The van der Waals surface area contributed by atoms with Crippen LogP contribution in [0.1, 0.15) is 51.9 Å². The molecule has 0 aliphatic heterocycles. The summed E-state index contributed by atoms with van der Waals surface area (Å²) >= 11 is 0. The van der Waals surface area contributed by atoms with Crippen LogP contribution in [-0.4, -0.2) is 30.6 Å². The highest BCUT2D eigenvalue weighted by molar-refractivity contribution is 6.09. The SMILES string of the molecule is CC(C)c1nc2c3nonc3c(C(C)(C)C)nc2c2nonc12. The van der Waals surface area contributed by atoms with Crippen LogP contribution in [-0.2, 0) is 5.41 Å². The highest BCUT2D eigenvalue weighted by atomic mass is 16.6. The van der Waals surface area contributed by atoms with Crippen molar-refractivity contribution in [2.75, 3.05) is 0 Å². The zero-order chi connectivity index (χ0) is 16.4. The van der Waals surface area contributed by atoms with E-state index in [4.69, 9.17) is 19.2 Å². The van der Waals surface area contributed by atoms with E-state index >= 15 is 0 Å². The first kappa shape index (κ1) is 14.0. The monoisotopic (exact) mass is 312 g/mol. The molecule has 0 atom stereocenters. The van der Waals surface area contributed by atoms with Crippen molar-refractivity contribution in [2.24, 2.45) is 0 Å². The Morgan fingerprint density at radius 1 is 0.696 bits per heavy atom. The number of nitrogens with zero attached hydrogens (tertiary/aromatic N) is 6. The largest absolute Gasteiger partial charge is 0.246 e. The van der Waals surface area contributed by atoms with Gasteiger partial charge in [-0.2, -0.15) is 0 Å². The quantitative estimate of drug-likeness (QED) is 0.528. The Bertz CT molecular complexity index is 1040. The molecule has 4 rings (SSSR count). The van der Waals surface area contributed by atoms with Gasteiger partial charge in [0.2, 0.25) is 0 Å². The molecule has 4 aromatic heterocycles. The van der Waals surface area contributed by atoms with Crippen molar-refractivity contribution in [2.45, 2.75) is 46.0 Å². The molecule has 8 nitrogen and oxygen atoms in total. The smallest absolute Gasteiger partial charge is 0.165 e. The van der Waals surface area contributed by atoms with Crippen molar-refractivity contribution < 1.29 is 9.26 Å². The molecule has 0 amide bonds. The van der Waals surface area contributed by atoms with Crippen LogP contribution >= 0.6 is 0 Å². The summed E-state index contributed by atoms with van der Waals surface area (Å²) in [5, 5.41) is 16.1. The highest BCUT2D eigenvalue weighted by Crippen LogP contribution is 2.34. The van der Waals surface area contributed by atoms with Gasteiger partial charge in [-0.15, -0.1) is 0 Å². The Balaban J connectivity index is 2.27. The van der Waals surface area contributed by atoms with Crippen LogP contribution < -0.4 is 0 Å². The second-order valence-corrected chi connectivity index (χ2v) is 6.98. The maximum Gasteiger partial charge on any atom is 0.165 e. The molecule has 118 valence electrons. The van der Waals surface area contributed by atoms with Crippen LogP contribution in [0.2, 0.25) is 0 Å². The predicted molar refractivity (Wildman–Crippen MR) is 83.1 cm³/mol. The summed E-state index contributed by atoms with van der Waals surface area (Å²) in [5.74, 6) is 0.158. The molecule has 0 unspecified atom stereocenters. The predicted octanol–water partition coefficient (Wildman–Crippen LogP) is 3.12. The van der Waals surface area contributed by atoms with E-state index in [0.29, 0.717) is 33.1 Å². The molecule has 0 aromatic carbocycles. The van der Waals surface area contributed by atoms with E-state index in [1.165, 1.54) is 0 Å². The average Bonchev–Trinajstić information content (AvgIpc) is 3.12. The fourth-order valence-corrected chi connectivity index (χ4v) is 2.71. The van der Waals surface area contributed by atoms with Crippen LogP contribution in [0.5, 0.6) is 0 Å². The molecular weight excluding hydrogens is 296 g/mol. The Kier molecular flexibility index (Phi) is 2.70. The number of rotatable bonds is 1. The minimum atomic E-state index is -0.231. The summed E-state index contributed by atoms with van der Waals surface area (Å²) in [6, 6.07) is 0. The minimum Gasteiger partial charge on any atom is -0.246 e. The molecule has 4 aromatic rings. The molecule has 0 aliphatic rings. The van der Waals surface area contributed by atoms with Gasteiger partial charge in [-0.1, -0.05) is 34.6 Å². The molecule has 0 fully saturated rings. The van der Waals surface area contributed by atoms with E-state index in [1.807, 2.05) is 13.8 Å². The summed E-state index contributed by atoms with van der Waals surface area (Å²) in [6.07, 6.45) is 0. The van der Waals surface area contributed by atoms with Crippen molar-refractivity contribution in [3.8, 4) is 0 Å². The molecular formula is C15H16N6O2. The molecule has 0 radical (unpaired) electrons. The van der Waals surface area contributed by atoms with Gasteiger partial charge in [-0.3, -0.25) is 0 Å². The van der Waals surface area contributed by atoms with Gasteiger partial charge in [0.1, 0.15) is 11.0 Å². The lowest BCUT2D eigenvalue weighted by molar-refractivity contribution is 0.315. The second kappa shape index (κ2) is 4.43. The number of aromatic nitrogens is 6. The Labute approximate surface area is 131 Å². The standard InChI is InChI=1S/C15H16N6O2/c1-6(2)7-10-11(19-22-18-10)9-8(16-7)12-13(21-23-20-12)14(17-9)15(3,4)5/h6H,1-5H3. The van der Waals surface area contributed by atoms with Crippen molar-refractivity contribution in [1.29, 1.82) is 0 Å². The lowest BCUT2D eigenvalue weighted by Crippen LogP contribution is -2.15. The molecule has 0 bridgehead atoms. The lowest BCUT2D eigenvalue weighted by atomic mass is 9.90. The number of pyridine rings is 2. The molecule has 0 aliphatic carbocycles. The fraction of sp³-hybridized carbons (Fsp3) is 0.467. The van der Waals surface area contributed by atoms with Crippen LogP contribution in [0, 0.1) is 0 Å². The van der Waals surface area contributed by atoms with Gasteiger partial charge in [0.05, 0.1) is 11.4 Å².